The molecule has 14 heavy (non-hydrogen) atoms. The average Bonchev–Trinajstić information content (AvgIpc) is 2.23. The number of hydrogen-bond acceptors (Lipinski definition) is 4. The molecule has 0 aromatic rings. The van der Waals surface area contributed by atoms with Gasteiger partial charge in [-0.05, 0) is 6.92 Å². The Kier molecular flexibility index (Phi) is 3.75. The Labute approximate surface area is 86.0 Å². The average molecular weight is 199 g/mol. The number of nitrogens with zero attached hydrogens (tertiary/aromatic N) is 1. The first kappa shape index (κ1) is 10.4. The van der Waals surface area contributed by atoms with Crippen LogP contribution in [0.25, 0.3) is 0 Å². The van der Waals surface area contributed by atoms with Crippen molar-refractivity contribution < 1.29 is 4.74 Å². The summed E-state index contributed by atoms with van der Waals surface area (Å²) in [7, 11) is 0. The molecule has 2 fully saturated rings. The molecule has 0 bridgehead atoms. The van der Waals surface area contributed by atoms with Crippen LogP contribution < -0.4 is 10.6 Å². The van der Waals surface area contributed by atoms with E-state index >= 15 is 0 Å². The molecule has 0 aromatic carbocycles. The number of ether oxygens (including phenoxy) is 1. The van der Waals surface area contributed by atoms with Crippen molar-refractivity contribution in [3.8, 4) is 0 Å². The van der Waals surface area contributed by atoms with Gasteiger partial charge in [0.05, 0.1) is 13.2 Å². The number of morpholine rings is 1. The quantitative estimate of drug-likeness (QED) is 0.615. The zero-order valence-corrected chi connectivity index (χ0v) is 8.96. The Morgan fingerprint density at radius 1 is 1.43 bits per heavy atom. The van der Waals surface area contributed by atoms with E-state index in [0.717, 1.165) is 45.9 Å². The smallest absolute Gasteiger partial charge is 0.0619 e. The maximum atomic E-state index is 5.42. The van der Waals surface area contributed by atoms with Crippen molar-refractivity contribution >= 4 is 0 Å². The van der Waals surface area contributed by atoms with Crippen LogP contribution in [-0.2, 0) is 4.74 Å². The maximum Gasteiger partial charge on any atom is 0.0619 e. The second kappa shape index (κ2) is 5.07. The van der Waals surface area contributed by atoms with E-state index in [2.05, 4.69) is 22.5 Å². The summed E-state index contributed by atoms with van der Waals surface area (Å²) in [5.41, 5.74) is 0. The molecule has 2 N–H and O–H groups in total. The van der Waals surface area contributed by atoms with Crippen LogP contribution in [0.3, 0.4) is 0 Å². The molecule has 2 heterocycles. The minimum absolute atomic E-state index is 0.576. The van der Waals surface area contributed by atoms with Crippen LogP contribution >= 0.6 is 0 Å². The molecule has 2 atom stereocenters. The van der Waals surface area contributed by atoms with E-state index in [-0.39, 0.29) is 0 Å². The van der Waals surface area contributed by atoms with E-state index in [1.54, 1.807) is 0 Å². The van der Waals surface area contributed by atoms with Crippen molar-refractivity contribution in [3.63, 3.8) is 0 Å². The lowest BCUT2D eigenvalue weighted by molar-refractivity contribution is -0.00487. The summed E-state index contributed by atoms with van der Waals surface area (Å²) in [4.78, 5) is 2.52. The Hall–Kier alpha value is -0.160. The molecular weight excluding hydrogens is 178 g/mol. The van der Waals surface area contributed by atoms with Crippen molar-refractivity contribution in [2.45, 2.75) is 19.0 Å². The summed E-state index contributed by atoms with van der Waals surface area (Å²) < 4.78 is 5.42. The van der Waals surface area contributed by atoms with Crippen molar-refractivity contribution in [3.05, 3.63) is 0 Å². The Bertz CT molecular complexity index is 171. The summed E-state index contributed by atoms with van der Waals surface area (Å²) in [5, 5.41) is 6.96. The van der Waals surface area contributed by atoms with Crippen LogP contribution in [0.1, 0.15) is 6.92 Å². The highest BCUT2D eigenvalue weighted by molar-refractivity contribution is 4.82. The molecule has 2 aliphatic rings. The van der Waals surface area contributed by atoms with Crippen LogP contribution in [0.4, 0.5) is 0 Å². The SMILES string of the molecule is CC1COCCN1CC1CNCCN1. The number of hydrogen-bond donors (Lipinski definition) is 2. The molecule has 0 aromatic heterocycles. The van der Waals surface area contributed by atoms with Crippen LogP contribution in [0.2, 0.25) is 0 Å². The van der Waals surface area contributed by atoms with Gasteiger partial charge in [-0.2, -0.15) is 0 Å². The first-order valence-electron chi connectivity index (χ1n) is 5.62. The van der Waals surface area contributed by atoms with Gasteiger partial charge < -0.3 is 15.4 Å². The summed E-state index contributed by atoms with van der Waals surface area (Å²) in [6.07, 6.45) is 0. The molecule has 2 rings (SSSR count). The van der Waals surface area contributed by atoms with Gasteiger partial charge in [-0.25, -0.2) is 0 Å². The fourth-order valence-electron chi connectivity index (χ4n) is 2.16. The highest BCUT2D eigenvalue weighted by Crippen LogP contribution is 2.06. The van der Waals surface area contributed by atoms with Gasteiger partial charge in [0.2, 0.25) is 0 Å². The van der Waals surface area contributed by atoms with Crippen LogP contribution in [0.5, 0.6) is 0 Å². The summed E-state index contributed by atoms with van der Waals surface area (Å²) in [6, 6.07) is 1.19. The molecule has 0 spiro atoms. The molecule has 4 nitrogen and oxygen atoms in total. The largest absolute Gasteiger partial charge is 0.379 e. The minimum atomic E-state index is 0.576. The van der Waals surface area contributed by atoms with Gasteiger partial charge in [0.15, 0.2) is 0 Å². The Morgan fingerprint density at radius 2 is 2.36 bits per heavy atom. The monoisotopic (exact) mass is 199 g/mol. The van der Waals surface area contributed by atoms with Gasteiger partial charge in [-0.1, -0.05) is 0 Å². The number of rotatable bonds is 2. The molecule has 2 saturated heterocycles. The predicted octanol–water partition coefficient (Wildman–Crippen LogP) is -0.731. The summed E-state index contributed by atoms with van der Waals surface area (Å²) >= 11 is 0. The number of nitrogens with one attached hydrogen (secondary N) is 2. The first-order chi connectivity index (χ1) is 6.86. The number of piperazine rings is 1. The first-order valence-corrected chi connectivity index (χ1v) is 5.62. The van der Waals surface area contributed by atoms with E-state index in [1.165, 1.54) is 0 Å². The lowest BCUT2D eigenvalue weighted by Crippen LogP contribution is -2.56. The van der Waals surface area contributed by atoms with E-state index < -0.39 is 0 Å². The predicted molar refractivity (Wildman–Crippen MR) is 56.5 cm³/mol. The van der Waals surface area contributed by atoms with Crippen LogP contribution in [0, 0.1) is 0 Å². The van der Waals surface area contributed by atoms with Crippen molar-refractivity contribution in [1.29, 1.82) is 0 Å². The molecule has 2 unspecified atom stereocenters. The van der Waals surface area contributed by atoms with E-state index in [0.29, 0.717) is 12.1 Å². The van der Waals surface area contributed by atoms with Gasteiger partial charge in [0.1, 0.15) is 0 Å². The van der Waals surface area contributed by atoms with E-state index in [1.807, 2.05) is 0 Å². The van der Waals surface area contributed by atoms with Gasteiger partial charge in [-0.15, -0.1) is 0 Å². The lowest BCUT2D eigenvalue weighted by Gasteiger charge is -2.37. The molecule has 0 aliphatic carbocycles. The zero-order chi connectivity index (χ0) is 9.80. The highest BCUT2D eigenvalue weighted by atomic mass is 16.5. The van der Waals surface area contributed by atoms with E-state index in [9.17, 15) is 0 Å². The third-order valence-electron chi connectivity index (χ3n) is 3.09. The zero-order valence-electron chi connectivity index (χ0n) is 8.96. The highest BCUT2D eigenvalue weighted by Gasteiger charge is 2.22. The lowest BCUT2D eigenvalue weighted by atomic mass is 10.2. The fourth-order valence-corrected chi connectivity index (χ4v) is 2.16. The van der Waals surface area contributed by atoms with Crippen LogP contribution in [-0.4, -0.2) is 62.9 Å². The molecule has 0 saturated carbocycles. The Balaban J connectivity index is 1.76. The topological polar surface area (TPSA) is 36.5 Å². The molecule has 82 valence electrons. The van der Waals surface area contributed by atoms with Gasteiger partial charge >= 0.3 is 0 Å². The standard InChI is InChI=1S/C10H21N3O/c1-9-8-14-5-4-13(9)7-10-6-11-2-3-12-10/h9-12H,2-8H2,1H3. The third-order valence-corrected chi connectivity index (χ3v) is 3.09. The van der Waals surface area contributed by atoms with Gasteiger partial charge in [0.25, 0.3) is 0 Å². The Morgan fingerprint density at radius 3 is 3.07 bits per heavy atom. The van der Waals surface area contributed by atoms with Crippen LogP contribution in [0.15, 0.2) is 0 Å². The molecule has 0 amide bonds. The third kappa shape index (κ3) is 2.67. The van der Waals surface area contributed by atoms with Crippen molar-refractivity contribution in [2.24, 2.45) is 0 Å². The van der Waals surface area contributed by atoms with Crippen molar-refractivity contribution in [1.82, 2.24) is 15.5 Å². The van der Waals surface area contributed by atoms with E-state index in [4.69, 9.17) is 4.74 Å². The summed E-state index contributed by atoms with van der Waals surface area (Å²) in [5.74, 6) is 0. The second-order valence-corrected chi connectivity index (χ2v) is 4.27. The van der Waals surface area contributed by atoms with Crippen molar-refractivity contribution in [2.75, 3.05) is 45.9 Å². The normalized spacial score (nSPS) is 35.8. The van der Waals surface area contributed by atoms with Gasteiger partial charge in [0, 0.05) is 44.8 Å². The van der Waals surface area contributed by atoms with Gasteiger partial charge in [-0.3, -0.25) is 4.90 Å². The molecule has 2 aliphatic heterocycles. The molecule has 0 radical (unpaired) electrons. The fraction of sp³-hybridized carbons (Fsp3) is 1.00. The molecule has 4 heteroatoms. The second-order valence-electron chi connectivity index (χ2n) is 4.27. The molecular formula is C10H21N3O. The summed E-state index contributed by atoms with van der Waals surface area (Å²) in [6.45, 7) is 9.57. The maximum absolute atomic E-state index is 5.42. The minimum Gasteiger partial charge on any atom is -0.379 e.